The Morgan fingerprint density at radius 1 is 1.11 bits per heavy atom. The Labute approximate surface area is 116 Å². The SMILES string of the molecule is CCC(CCc1ccc(OC)cc1OC)OC(C)C. The highest BCUT2D eigenvalue weighted by molar-refractivity contribution is 5.40. The third-order valence-corrected chi connectivity index (χ3v) is 3.15. The van der Waals surface area contributed by atoms with Crippen molar-refractivity contribution in [1.82, 2.24) is 0 Å². The van der Waals surface area contributed by atoms with Crippen molar-refractivity contribution >= 4 is 0 Å². The molecule has 0 aliphatic carbocycles. The molecule has 1 unspecified atom stereocenters. The minimum Gasteiger partial charge on any atom is -0.497 e. The quantitative estimate of drug-likeness (QED) is 0.715. The smallest absolute Gasteiger partial charge is 0.125 e. The number of aryl methyl sites for hydroxylation is 1. The predicted octanol–water partition coefficient (Wildman–Crippen LogP) is 3.84. The molecule has 1 atom stereocenters. The van der Waals surface area contributed by atoms with Crippen molar-refractivity contribution in [3.63, 3.8) is 0 Å². The van der Waals surface area contributed by atoms with E-state index >= 15 is 0 Å². The maximum atomic E-state index is 5.87. The van der Waals surface area contributed by atoms with Crippen LogP contribution in [0.25, 0.3) is 0 Å². The number of benzene rings is 1. The molecule has 0 aliphatic rings. The molecular formula is C16H26O3. The zero-order chi connectivity index (χ0) is 14.3. The highest BCUT2D eigenvalue weighted by atomic mass is 16.5. The molecule has 0 N–H and O–H groups in total. The van der Waals surface area contributed by atoms with Gasteiger partial charge in [-0.1, -0.05) is 13.0 Å². The third kappa shape index (κ3) is 5.11. The molecule has 3 nitrogen and oxygen atoms in total. The van der Waals surface area contributed by atoms with Gasteiger partial charge in [0.1, 0.15) is 11.5 Å². The first-order valence-electron chi connectivity index (χ1n) is 6.97. The van der Waals surface area contributed by atoms with E-state index in [0.29, 0.717) is 6.10 Å². The van der Waals surface area contributed by atoms with Crippen LogP contribution >= 0.6 is 0 Å². The van der Waals surface area contributed by atoms with Gasteiger partial charge in [0.05, 0.1) is 26.4 Å². The monoisotopic (exact) mass is 266 g/mol. The van der Waals surface area contributed by atoms with E-state index in [4.69, 9.17) is 14.2 Å². The molecule has 0 saturated carbocycles. The zero-order valence-corrected chi connectivity index (χ0v) is 12.7. The van der Waals surface area contributed by atoms with Gasteiger partial charge < -0.3 is 14.2 Å². The fourth-order valence-electron chi connectivity index (χ4n) is 2.13. The van der Waals surface area contributed by atoms with Gasteiger partial charge in [-0.2, -0.15) is 0 Å². The molecular weight excluding hydrogens is 240 g/mol. The van der Waals surface area contributed by atoms with E-state index in [1.54, 1.807) is 14.2 Å². The van der Waals surface area contributed by atoms with E-state index < -0.39 is 0 Å². The third-order valence-electron chi connectivity index (χ3n) is 3.15. The van der Waals surface area contributed by atoms with E-state index in [1.807, 2.05) is 12.1 Å². The second-order valence-electron chi connectivity index (χ2n) is 4.93. The van der Waals surface area contributed by atoms with Gasteiger partial charge in [-0.25, -0.2) is 0 Å². The van der Waals surface area contributed by atoms with Gasteiger partial charge in [-0.3, -0.25) is 0 Å². The molecule has 0 saturated heterocycles. The average Bonchev–Trinajstić information content (AvgIpc) is 2.42. The summed E-state index contributed by atoms with van der Waals surface area (Å²) in [5, 5.41) is 0. The van der Waals surface area contributed by atoms with Gasteiger partial charge in [0.15, 0.2) is 0 Å². The van der Waals surface area contributed by atoms with Crippen LogP contribution in [0.1, 0.15) is 39.2 Å². The van der Waals surface area contributed by atoms with Crippen molar-refractivity contribution in [2.24, 2.45) is 0 Å². The van der Waals surface area contributed by atoms with Gasteiger partial charge in [0.25, 0.3) is 0 Å². The Bertz CT molecular complexity index is 374. The fraction of sp³-hybridized carbons (Fsp3) is 0.625. The highest BCUT2D eigenvalue weighted by Crippen LogP contribution is 2.26. The number of methoxy groups -OCH3 is 2. The van der Waals surface area contributed by atoms with Gasteiger partial charge >= 0.3 is 0 Å². The first-order valence-corrected chi connectivity index (χ1v) is 6.97. The van der Waals surface area contributed by atoms with Crippen LogP contribution in [-0.4, -0.2) is 26.4 Å². The number of rotatable bonds is 8. The summed E-state index contributed by atoms with van der Waals surface area (Å²) in [4.78, 5) is 0. The number of hydrogen-bond donors (Lipinski definition) is 0. The Morgan fingerprint density at radius 2 is 1.84 bits per heavy atom. The number of hydrogen-bond acceptors (Lipinski definition) is 3. The van der Waals surface area contributed by atoms with E-state index in [2.05, 4.69) is 26.8 Å². The molecule has 1 aromatic carbocycles. The van der Waals surface area contributed by atoms with Crippen molar-refractivity contribution in [3.05, 3.63) is 23.8 Å². The molecule has 19 heavy (non-hydrogen) atoms. The summed E-state index contributed by atoms with van der Waals surface area (Å²) in [6, 6.07) is 5.97. The maximum Gasteiger partial charge on any atom is 0.125 e. The lowest BCUT2D eigenvalue weighted by Gasteiger charge is -2.19. The molecule has 0 fully saturated rings. The Balaban J connectivity index is 2.65. The Hall–Kier alpha value is -1.22. The summed E-state index contributed by atoms with van der Waals surface area (Å²) in [5.41, 5.74) is 1.20. The standard InChI is InChI=1S/C16H26O3/c1-6-14(19-12(2)3)9-7-13-8-10-15(17-4)11-16(13)18-5/h8,10-12,14H,6-7,9H2,1-5H3. The van der Waals surface area contributed by atoms with Crippen LogP contribution in [0.15, 0.2) is 18.2 Å². The van der Waals surface area contributed by atoms with Crippen LogP contribution in [-0.2, 0) is 11.2 Å². The second kappa shape index (κ2) is 8.05. The molecule has 0 heterocycles. The van der Waals surface area contributed by atoms with E-state index in [0.717, 1.165) is 30.8 Å². The van der Waals surface area contributed by atoms with E-state index in [1.165, 1.54) is 5.56 Å². The summed E-state index contributed by atoms with van der Waals surface area (Å²) < 4.78 is 16.5. The molecule has 1 aromatic rings. The first-order chi connectivity index (χ1) is 9.10. The summed E-state index contributed by atoms with van der Waals surface area (Å²) >= 11 is 0. The van der Waals surface area contributed by atoms with Crippen LogP contribution in [0.5, 0.6) is 11.5 Å². The first kappa shape index (κ1) is 15.8. The molecule has 0 amide bonds. The van der Waals surface area contributed by atoms with Crippen molar-refractivity contribution in [1.29, 1.82) is 0 Å². The Morgan fingerprint density at radius 3 is 2.37 bits per heavy atom. The number of ether oxygens (including phenoxy) is 3. The van der Waals surface area contributed by atoms with E-state index in [9.17, 15) is 0 Å². The fourth-order valence-corrected chi connectivity index (χ4v) is 2.13. The van der Waals surface area contributed by atoms with Crippen LogP contribution in [0.2, 0.25) is 0 Å². The Kier molecular flexibility index (Phi) is 6.71. The normalized spacial score (nSPS) is 12.5. The summed E-state index contributed by atoms with van der Waals surface area (Å²) in [6.07, 6.45) is 3.60. The molecule has 0 aromatic heterocycles. The minimum absolute atomic E-state index is 0.280. The molecule has 3 heteroatoms. The van der Waals surface area contributed by atoms with Gasteiger partial charge in [-0.05, 0) is 44.7 Å². The van der Waals surface area contributed by atoms with Crippen molar-refractivity contribution < 1.29 is 14.2 Å². The summed E-state index contributed by atoms with van der Waals surface area (Å²) in [6.45, 7) is 6.32. The van der Waals surface area contributed by atoms with Gasteiger partial charge in [0, 0.05) is 6.07 Å². The van der Waals surface area contributed by atoms with E-state index in [-0.39, 0.29) is 6.10 Å². The average molecular weight is 266 g/mol. The van der Waals surface area contributed by atoms with Crippen molar-refractivity contribution in [3.8, 4) is 11.5 Å². The second-order valence-corrected chi connectivity index (χ2v) is 4.93. The maximum absolute atomic E-state index is 5.87. The molecule has 0 spiro atoms. The molecule has 1 rings (SSSR count). The van der Waals surface area contributed by atoms with Crippen LogP contribution in [0.4, 0.5) is 0 Å². The zero-order valence-electron chi connectivity index (χ0n) is 12.7. The lowest BCUT2D eigenvalue weighted by Crippen LogP contribution is -2.17. The van der Waals surface area contributed by atoms with Crippen molar-refractivity contribution in [2.45, 2.75) is 52.2 Å². The molecule has 0 aliphatic heterocycles. The lowest BCUT2D eigenvalue weighted by molar-refractivity contribution is 0.00154. The van der Waals surface area contributed by atoms with Gasteiger partial charge in [0.2, 0.25) is 0 Å². The largest absolute Gasteiger partial charge is 0.497 e. The van der Waals surface area contributed by atoms with Gasteiger partial charge in [-0.15, -0.1) is 0 Å². The predicted molar refractivity (Wildman–Crippen MR) is 78.2 cm³/mol. The van der Waals surface area contributed by atoms with Crippen LogP contribution in [0, 0.1) is 0 Å². The highest BCUT2D eigenvalue weighted by Gasteiger charge is 2.11. The van der Waals surface area contributed by atoms with Crippen molar-refractivity contribution in [2.75, 3.05) is 14.2 Å². The summed E-state index contributed by atoms with van der Waals surface area (Å²) in [7, 11) is 3.36. The molecule has 0 radical (unpaired) electrons. The topological polar surface area (TPSA) is 27.7 Å². The summed E-state index contributed by atoms with van der Waals surface area (Å²) in [5.74, 6) is 1.71. The van der Waals surface area contributed by atoms with Crippen LogP contribution in [0.3, 0.4) is 0 Å². The molecule has 0 bridgehead atoms. The lowest BCUT2D eigenvalue weighted by atomic mass is 10.0. The molecule has 108 valence electrons. The minimum atomic E-state index is 0.280. The van der Waals surface area contributed by atoms with Crippen LogP contribution < -0.4 is 9.47 Å².